The van der Waals surface area contributed by atoms with Gasteiger partial charge in [0.25, 0.3) is 0 Å². The molecule has 0 unspecified atom stereocenters. The first kappa shape index (κ1) is 71.4. The molecule has 9 aromatic rings. The molecule has 0 bridgehead atoms. The Morgan fingerprint density at radius 1 is 0.531 bits per heavy atom. The largest absolute Gasteiger partial charge is 0.478 e. The maximum atomic E-state index is 12.4. The second-order valence-corrected chi connectivity index (χ2v) is 28.7. The Morgan fingerprint density at radius 2 is 0.927 bits per heavy atom. The summed E-state index contributed by atoms with van der Waals surface area (Å²) in [4.78, 5) is 77.4. The van der Waals surface area contributed by atoms with Crippen molar-refractivity contribution in [1.82, 2.24) is 60.1 Å². The number of hydrogen-bond donors (Lipinski definition) is 5. The highest BCUT2D eigenvalue weighted by atomic mass is 35.5. The number of carboxylic acid groups (broad SMARTS) is 1. The summed E-state index contributed by atoms with van der Waals surface area (Å²) in [5, 5.41) is 22.5. The normalized spacial score (nSPS) is 16.3. The highest BCUT2D eigenvalue weighted by molar-refractivity contribution is 7.17. The van der Waals surface area contributed by atoms with E-state index in [2.05, 4.69) is 92.8 Å². The molecule has 0 radical (unpaired) electrons. The average Bonchev–Trinajstić information content (AvgIpc) is 1.80. The lowest BCUT2D eigenvalue weighted by Gasteiger charge is -2.29. The Bertz CT molecular complexity index is 4090. The Kier molecular flexibility index (Phi) is 27.4. The number of anilines is 1. The fourth-order valence-electron chi connectivity index (χ4n) is 11.9. The number of carboxylic acids is 1. The first-order valence-electron chi connectivity index (χ1n) is 33.3. The molecule has 9 aromatic heterocycles. The maximum absolute atomic E-state index is 12.4. The van der Waals surface area contributed by atoms with Crippen molar-refractivity contribution in [2.75, 3.05) is 97.9 Å². The molecule has 13 rings (SSSR count). The number of nitrogens with zero attached hydrogens (tertiary/aromatic N) is 10. The molecule has 96 heavy (non-hydrogen) atoms. The molecule has 0 aliphatic carbocycles. The summed E-state index contributed by atoms with van der Waals surface area (Å²) in [6.45, 7) is 13.3. The van der Waals surface area contributed by atoms with Gasteiger partial charge in [-0.05, 0) is 241 Å². The fourth-order valence-corrected chi connectivity index (χ4v) is 15.0. The first-order chi connectivity index (χ1) is 46.8. The lowest BCUT2D eigenvalue weighted by atomic mass is 10.1. The first-order valence-corrected chi connectivity index (χ1v) is 36.5. The number of rotatable bonds is 19. The third-order valence-electron chi connectivity index (χ3n) is 17.2. The van der Waals surface area contributed by atoms with Crippen LogP contribution in [-0.4, -0.2) is 177 Å². The van der Waals surface area contributed by atoms with E-state index in [0.717, 1.165) is 169 Å². The third kappa shape index (κ3) is 21.8. The second kappa shape index (κ2) is 36.8. The molecule has 0 atom stereocenters. The second-order valence-electron chi connectivity index (χ2n) is 24.6. The van der Waals surface area contributed by atoms with E-state index in [0.29, 0.717) is 10.0 Å². The molecule has 0 saturated carbocycles. The lowest BCUT2D eigenvalue weighted by molar-refractivity contribution is -0.131. The number of piperidine rings is 4. The number of carbonyl (C=O) groups excluding carboxylic acids is 2. The molecule has 4 saturated heterocycles. The zero-order chi connectivity index (χ0) is 67.0. The molecule has 4 aliphatic rings. The van der Waals surface area contributed by atoms with Crippen LogP contribution in [0.2, 0.25) is 10.0 Å². The van der Waals surface area contributed by atoms with E-state index in [1.54, 1.807) is 78.0 Å². The van der Waals surface area contributed by atoms with Crippen LogP contribution in [-0.2, 0) is 14.4 Å². The van der Waals surface area contributed by atoms with Gasteiger partial charge in [-0.2, -0.15) is 0 Å². The Labute approximate surface area is 584 Å². The van der Waals surface area contributed by atoms with E-state index in [1.165, 1.54) is 89.0 Å². The SMILES string of the molecule is CN1CCC(NC(=O)/C=C/c2ccc(-c3cc(Cl)c4cnccc4n3)s2)CC1.CN1CCC(NC(=O)/C=C/c2ccc(-c3cc(NCCCN4CCCCC4)c4cnccc4n3)s2)CC1.NCCCN1CCCCC1.O=C(O)/C=C/c1ccc(-c2cc(Cl)c3cnccc3n2)s1. The van der Waals surface area contributed by atoms with Crippen LogP contribution in [0.3, 0.4) is 0 Å². The molecule has 23 heteroatoms. The standard InChI is InChI=1S/C29H38N6OS.C21H21ClN4OS.C15H9ClN2O2S.C8H18N2/c1-34-18-11-22(12-19-34)32-29(36)9-7-23-6-8-28(37-23)27-20-26(24-21-30-14-10-25(24)33-27)31-13-5-17-35-15-3-2-4-16-35;1-26-10-7-14(8-11-26)24-21(27)5-3-15-2-4-20(28-15)19-12-17(22)16-13-23-9-6-18(16)25-19;16-11-7-13(18-12-5-6-17-8-10(11)12)14-3-1-9(21-14)2-4-15(19)20;9-5-4-8-10-6-2-1-3-7-10/h6-10,14,20-22H,2-5,11-13,15-19H2,1H3,(H,31,33)(H,32,36);2-6,9,12-14H,7-8,10-11H2,1H3,(H,24,27);1-8H,(H,19,20);1-9H2/b9-7+;5-3+;4-2+;. The molecule has 4 fully saturated rings. The number of nitrogens with one attached hydrogen (secondary N) is 3. The van der Waals surface area contributed by atoms with Crippen LogP contribution in [0.4, 0.5) is 5.69 Å². The van der Waals surface area contributed by atoms with Gasteiger partial charge in [-0.25, -0.2) is 19.7 Å². The van der Waals surface area contributed by atoms with E-state index in [9.17, 15) is 14.4 Å². The summed E-state index contributed by atoms with van der Waals surface area (Å²) in [6.07, 6.45) is 34.7. The van der Waals surface area contributed by atoms with Crippen LogP contribution in [0.5, 0.6) is 0 Å². The highest BCUT2D eigenvalue weighted by Crippen LogP contribution is 2.36. The number of aromatic nitrogens is 6. The minimum absolute atomic E-state index is 0.0168. The van der Waals surface area contributed by atoms with Gasteiger partial charge in [0.2, 0.25) is 11.8 Å². The maximum Gasteiger partial charge on any atom is 0.328 e. The molecule has 18 nitrogen and oxygen atoms in total. The van der Waals surface area contributed by atoms with E-state index in [4.69, 9.17) is 39.0 Å². The number of amides is 2. The van der Waals surface area contributed by atoms with Crippen molar-refractivity contribution in [2.45, 2.75) is 89.1 Å². The van der Waals surface area contributed by atoms with Crippen LogP contribution in [0.25, 0.3) is 82.7 Å². The van der Waals surface area contributed by atoms with Crippen molar-refractivity contribution in [2.24, 2.45) is 5.73 Å². The molecule has 504 valence electrons. The number of carbonyl (C=O) groups is 3. The number of thiophene rings is 3. The van der Waals surface area contributed by atoms with Crippen molar-refractivity contribution in [1.29, 1.82) is 0 Å². The highest BCUT2D eigenvalue weighted by Gasteiger charge is 2.20. The number of halogens is 2. The number of nitrogens with two attached hydrogens (primary N) is 1. The van der Waals surface area contributed by atoms with Gasteiger partial charge >= 0.3 is 5.97 Å². The smallest absolute Gasteiger partial charge is 0.328 e. The molecular formula is C73H86Cl2N14O4S3. The van der Waals surface area contributed by atoms with Gasteiger partial charge in [0.15, 0.2) is 0 Å². The molecule has 4 aliphatic heterocycles. The van der Waals surface area contributed by atoms with Crippen LogP contribution in [0.1, 0.15) is 91.7 Å². The predicted molar refractivity (Wildman–Crippen MR) is 398 cm³/mol. The van der Waals surface area contributed by atoms with E-state index in [-0.39, 0.29) is 23.9 Å². The minimum Gasteiger partial charge on any atom is -0.478 e. The van der Waals surface area contributed by atoms with Gasteiger partial charge in [-0.3, -0.25) is 24.5 Å². The summed E-state index contributed by atoms with van der Waals surface area (Å²) in [5.74, 6) is -1.02. The lowest BCUT2D eigenvalue weighted by Crippen LogP contribution is -2.42. The zero-order valence-corrected chi connectivity index (χ0v) is 58.6. The van der Waals surface area contributed by atoms with Gasteiger partial charge in [0.1, 0.15) is 0 Å². The molecule has 13 heterocycles. The quantitative estimate of drug-likeness (QED) is 0.0375. The van der Waals surface area contributed by atoms with Crippen molar-refractivity contribution in [3.63, 3.8) is 0 Å². The van der Waals surface area contributed by atoms with Gasteiger partial charge in [-0.1, -0.05) is 36.0 Å². The topological polar surface area (TPSA) is 224 Å². The number of fused-ring (bicyclic) bond motifs is 3. The Balaban J connectivity index is 0.000000150. The Morgan fingerprint density at radius 3 is 1.35 bits per heavy atom. The molecule has 0 aromatic carbocycles. The number of hydrogen-bond acceptors (Lipinski definition) is 18. The van der Waals surface area contributed by atoms with Crippen molar-refractivity contribution >= 4 is 132 Å². The van der Waals surface area contributed by atoms with Crippen molar-refractivity contribution in [3.8, 4) is 31.7 Å². The van der Waals surface area contributed by atoms with Gasteiger partial charge in [0, 0.05) is 111 Å². The molecule has 2 amide bonds. The zero-order valence-electron chi connectivity index (χ0n) is 54.7. The van der Waals surface area contributed by atoms with Crippen molar-refractivity contribution < 1.29 is 19.5 Å². The monoisotopic (exact) mass is 1390 g/mol. The summed E-state index contributed by atoms with van der Waals surface area (Å²) < 4.78 is 0. The predicted octanol–water partition coefficient (Wildman–Crippen LogP) is 14.0. The summed E-state index contributed by atoms with van der Waals surface area (Å²) in [5.41, 5.74) is 11.6. The van der Waals surface area contributed by atoms with Gasteiger partial charge in [0.05, 0.1) is 58.3 Å². The number of likely N-dealkylation sites (tertiary alicyclic amines) is 4. The summed E-state index contributed by atoms with van der Waals surface area (Å²) >= 11 is 17.3. The van der Waals surface area contributed by atoms with Crippen LogP contribution >= 0.6 is 57.2 Å². The Hall–Kier alpha value is -7.41. The van der Waals surface area contributed by atoms with E-state index >= 15 is 0 Å². The van der Waals surface area contributed by atoms with Gasteiger partial charge in [-0.15, -0.1) is 34.0 Å². The number of aliphatic carboxylic acids is 1. The summed E-state index contributed by atoms with van der Waals surface area (Å²) in [7, 11) is 4.24. The fraction of sp³-hybridized carbons (Fsp3) is 0.384. The summed E-state index contributed by atoms with van der Waals surface area (Å²) in [6, 6.07) is 23.9. The molecule has 6 N–H and O–H groups in total. The van der Waals surface area contributed by atoms with Crippen LogP contribution < -0.4 is 21.7 Å². The van der Waals surface area contributed by atoms with Crippen LogP contribution in [0.15, 0.2) is 128 Å². The molecular weight excluding hydrogens is 1300 g/mol. The van der Waals surface area contributed by atoms with Crippen LogP contribution in [0, 0.1) is 0 Å². The van der Waals surface area contributed by atoms with E-state index < -0.39 is 5.97 Å². The molecule has 0 spiro atoms. The van der Waals surface area contributed by atoms with E-state index in [1.807, 2.05) is 66.9 Å². The number of pyridine rings is 6. The van der Waals surface area contributed by atoms with Gasteiger partial charge < -0.3 is 46.4 Å². The van der Waals surface area contributed by atoms with Crippen molar-refractivity contribution in [3.05, 3.63) is 153 Å². The third-order valence-corrected chi connectivity index (χ3v) is 21.1. The average molecular weight is 1390 g/mol. The minimum atomic E-state index is -0.968.